The molecule has 1 aliphatic rings. The van der Waals surface area contributed by atoms with Crippen LogP contribution in [0.4, 0.5) is 5.95 Å². The van der Waals surface area contributed by atoms with E-state index >= 15 is 0 Å². The first-order valence-electron chi connectivity index (χ1n) is 13.2. The summed E-state index contributed by atoms with van der Waals surface area (Å²) in [7, 11) is 0. The number of benzene rings is 3. The van der Waals surface area contributed by atoms with E-state index in [1.54, 1.807) is 18.2 Å². The van der Waals surface area contributed by atoms with Crippen LogP contribution >= 0.6 is 0 Å². The highest BCUT2D eigenvalue weighted by Crippen LogP contribution is 2.35. The highest BCUT2D eigenvalue weighted by atomic mass is 16.5. The Morgan fingerprint density at radius 3 is 2.72 bits per heavy atom. The number of unbranched alkanes of at least 4 members (excludes halogenated alkanes) is 1. The molecule has 1 fully saturated rings. The Balaban J connectivity index is 1.41. The summed E-state index contributed by atoms with van der Waals surface area (Å²) in [6, 6.07) is 20.6. The number of ether oxygens (including phenoxy) is 2. The summed E-state index contributed by atoms with van der Waals surface area (Å²) in [5, 5.41) is 31.6. The highest BCUT2D eigenvalue weighted by molar-refractivity contribution is 5.90. The second-order valence-electron chi connectivity index (χ2n) is 9.62. The van der Waals surface area contributed by atoms with Crippen molar-refractivity contribution < 1.29 is 29.6 Å². The van der Waals surface area contributed by atoms with Gasteiger partial charge in [-0.1, -0.05) is 36.4 Å². The third-order valence-electron chi connectivity index (χ3n) is 6.90. The van der Waals surface area contributed by atoms with Crippen LogP contribution in [0.2, 0.25) is 0 Å². The number of carboxylic acids is 1. The normalized spacial score (nSPS) is 17.0. The molecule has 1 aromatic heterocycles. The number of rotatable bonds is 12. The number of carbonyl (C=O) groups is 1. The van der Waals surface area contributed by atoms with E-state index in [-0.39, 0.29) is 31.1 Å². The van der Waals surface area contributed by atoms with Gasteiger partial charge in [0, 0.05) is 18.7 Å². The van der Waals surface area contributed by atoms with Gasteiger partial charge in [0.05, 0.1) is 35.9 Å². The lowest BCUT2D eigenvalue weighted by Gasteiger charge is -2.19. The molecule has 0 saturated carbocycles. The summed E-state index contributed by atoms with van der Waals surface area (Å²) in [6.45, 7) is 1.01. The van der Waals surface area contributed by atoms with Crippen LogP contribution in [0.25, 0.3) is 22.2 Å². The average Bonchev–Trinajstić information content (AvgIpc) is 3.58. The maximum atomic E-state index is 11.5. The van der Waals surface area contributed by atoms with Crippen LogP contribution in [0.3, 0.4) is 0 Å². The fourth-order valence-electron chi connectivity index (χ4n) is 4.90. The molecule has 0 bridgehead atoms. The Morgan fingerprint density at radius 2 is 1.92 bits per heavy atom. The van der Waals surface area contributed by atoms with Crippen LogP contribution in [-0.2, 0) is 11.3 Å². The third-order valence-corrected chi connectivity index (χ3v) is 6.90. The smallest absolute Gasteiger partial charge is 0.335 e. The van der Waals surface area contributed by atoms with E-state index in [1.165, 1.54) is 0 Å². The number of hydrogen-bond donors (Lipinski definition) is 4. The first-order chi connectivity index (χ1) is 19.1. The van der Waals surface area contributed by atoms with Gasteiger partial charge < -0.3 is 30.1 Å². The van der Waals surface area contributed by atoms with Gasteiger partial charge in [-0.25, -0.2) is 9.78 Å². The second-order valence-corrected chi connectivity index (χ2v) is 9.62. The number of para-hydroxylation sites is 2. The van der Waals surface area contributed by atoms with E-state index in [2.05, 4.69) is 9.88 Å². The van der Waals surface area contributed by atoms with Crippen LogP contribution in [0.1, 0.15) is 47.8 Å². The van der Waals surface area contributed by atoms with E-state index in [4.69, 9.17) is 19.6 Å². The number of nitrogens with one attached hydrogen (secondary N) is 1. The van der Waals surface area contributed by atoms with Crippen molar-refractivity contribution in [2.45, 2.75) is 44.6 Å². The Kier molecular flexibility index (Phi) is 8.41. The molecule has 0 unspecified atom stereocenters. The highest BCUT2D eigenvalue weighted by Gasteiger charge is 2.29. The Morgan fingerprint density at radius 1 is 1.05 bits per heavy atom. The van der Waals surface area contributed by atoms with E-state index in [0.717, 1.165) is 40.6 Å². The Bertz CT molecular complexity index is 1440. The quantitative estimate of drug-likeness (QED) is 0.192. The molecule has 4 aromatic rings. The van der Waals surface area contributed by atoms with E-state index in [0.29, 0.717) is 37.7 Å². The number of anilines is 1. The molecule has 0 amide bonds. The minimum absolute atomic E-state index is 0.00526. The number of hydrogen-bond acceptors (Lipinski definition) is 7. The van der Waals surface area contributed by atoms with Crippen molar-refractivity contribution in [1.82, 2.24) is 9.55 Å². The molecule has 4 N–H and O–H groups in total. The summed E-state index contributed by atoms with van der Waals surface area (Å²) < 4.78 is 14.3. The van der Waals surface area contributed by atoms with Crippen molar-refractivity contribution in [2.75, 3.05) is 25.1 Å². The standard InChI is InChI=1S/C30H33N3O6/c34-14-3-4-15-38-27-16-20(10-12-24(27)21-6-5-7-22(17-21)29(36)37)18-31-30-32-25-8-1-2-9-26(25)33(30)28-13-11-23(19-35)39-28/h1-2,5-10,12,16-17,23,28,34-35H,3-4,11,13-15,18-19H2,(H,31,32)(H,36,37)/t23-,28+/m0/s1. The van der Waals surface area contributed by atoms with Crippen molar-refractivity contribution >= 4 is 23.0 Å². The summed E-state index contributed by atoms with van der Waals surface area (Å²) in [5.41, 5.74) is 4.55. The summed E-state index contributed by atoms with van der Waals surface area (Å²) in [5.74, 6) is 0.346. The van der Waals surface area contributed by atoms with Gasteiger partial charge in [0.1, 0.15) is 12.0 Å². The largest absolute Gasteiger partial charge is 0.493 e. The number of aromatic nitrogens is 2. The first-order valence-corrected chi connectivity index (χ1v) is 13.2. The minimum atomic E-state index is -0.984. The van der Waals surface area contributed by atoms with Crippen LogP contribution in [0.15, 0.2) is 66.7 Å². The van der Waals surface area contributed by atoms with Gasteiger partial charge in [0.15, 0.2) is 0 Å². The first kappa shape index (κ1) is 26.7. The van der Waals surface area contributed by atoms with Gasteiger partial charge in [-0.05, 0) is 67.1 Å². The van der Waals surface area contributed by atoms with E-state index in [9.17, 15) is 15.0 Å². The average molecular weight is 532 g/mol. The minimum Gasteiger partial charge on any atom is -0.493 e. The molecule has 1 aliphatic heterocycles. The number of fused-ring (bicyclic) bond motifs is 1. The maximum Gasteiger partial charge on any atom is 0.335 e. The van der Waals surface area contributed by atoms with Gasteiger partial charge in [0.25, 0.3) is 0 Å². The van der Waals surface area contributed by atoms with Crippen LogP contribution in [0, 0.1) is 0 Å². The summed E-state index contributed by atoms with van der Waals surface area (Å²) in [6.07, 6.45) is 2.52. The van der Waals surface area contributed by atoms with Crippen LogP contribution in [-0.4, -0.2) is 56.8 Å². The van der Waals surface area contributed by atoms with Crippen molar-refractivity contribution in [3.05, 3.63) is 77.9 Å². The third kappa shape index (κ3) is 6.06. The number of aliphatic hydroxyl groups is 2. The molecule has 0 aliphatic carbocycles. The maximum absolute atomic E-state index is 11.5. The lowest BCUT2D eigenvalue weighted by Crippen LogP contribution is -2.16. The number of aliphatic hydroxyl groups excluding tert-OH is 2. The fourth-order valence-corrected chi connectivity index (χ4v) is 4.90. The molecule has 9 nitrogen and oxygen atoms in total. The molecule has 39 heavy (non-hydrogen) atoms. The van der Waals surface area contributed by atoms with E-state index in [1.807, 2.05) is 48.5 Å². The molecule has 9 heteroatoms. The fraction of sp³-hybridized carbons (Fsp3) is 0.333. The predicted octanol–water partition coefficient (Wildman–Crippen LogP) is 4.83. The number of aromatic carboxylic acids is 1. The molecule has 0 radical (unpaired) electrons. The summed E-state index contributed by atoms with van der Waals surface area (Å²) in [4.78, 5) is 16.3. The van der Waals surface area contributed by atoms with Gasteiger partial charge in [-0.15, -0.1) is 0 Å². The molecule has 204 valence electrons. The van der Waals surface area contributed by atoms with Crippen molar-refractivity contribution in [3.63, 3.8) is 0 Å². The monoisotopic (exact) mass is 531 g/mol. The van der Waals surface area contributed by atoms with Gasteiger partial charge >= 0.3 is 5.97 Å². The van der Waals surface area contributed by atoms with Crippen molar-refractivity contribution in [3.8, 4) is 16.9 Å². The lowest BCUT2D eigenvalue weighted by atomic mass is 10.0. The molecule has 0 spiro atoms. The summed E-state index contributed by atoms with van der Waals surface area (Å²) >= 11 is 0. The topological polar surface area (TPSA) is 126 Å². The van der Waals surface area contributed by atoms with Crippen LogP contribution in [0.5, 0.6) is 5.75 Å². The zero-order chi connectivity index (χ0) is 27.2. The predicted molar refractivity (Wildman–Crippen MR) is 148 cm³/mol. The molecule has 2 heterocycles. The number of nitrogens with zero attached hydrogens (tertiary/aromatic N) is 2. The molecular formula is C30H33N3O6. The van der Waals surface area contributed by atoms with Gasteiger partial charge in [-0.3, -0.25) is 4.57 Å². The molecular weight excluding hydrogens is 498 g/mol. The lowest BCUT2D eigenvalue weighted by molar-refractivity contribution is -0.0195. The van der Waals surface area contributed by atoms with Crippen LogP contribution < -0.4 is 10.1 Å². The Labute approximate surface area is 226 Å². The number of carboxylic acid groups (broad SMARTS) is 1. The molecule has 3 aromatic carbocycles. The molecule has 5 rings (SSSR count). The molecule has 1 saturated heterocycles. The van der Waals surface area contributed by atoms with E-state index < -0.39 is 5.97 Å². The zero-order valence-electron chi connectivity index (χ0n) is 21.6. The zero-order valence-corrected chi connectivity index (χ0v) is 21.6. The Hall–Kier alpha value is -3.92. The second kappa shape index (κ2) is 12.3. The van der Waals surface area contributed by atoms with Gasteiger partial charge in [0.2, 0.25) is 5.95 Å². The SMILES string of the molecule is O=C(O)c1cccc(-c2ccc(CNc3nc4ccccc4n3[C@H]3CC[C@@H](CO)O3)cc2OCCCCO)c1. The van der Waals surface area contributed by atoms with Crippen molar-refractivity contribution in [2.24, 2.45) is 0 Å². The number of imidazole rings is 1. The molecule has 2 atom stereocenters. The van der Waals surface area contributed by atoms with Gasteiger partial charge in [-0.2, -0.15) is 0 Å². The van der Waals surface area contributed by atoms with Crippen molar-refractivity contribution in [1.29, 1.82) is 0 Å².